The molecule has 1 amide bonds. The number of amides is 1. The van der Waals surface area contributed by atoms with Gasteiger partial charge in [0.1, 0.15) is 10.6 Å². The van der Waals surface area contributed by atoms with E-state index in [0.29, 0.717) is 39.0 Å². The average molecular weight is 500 g/mol. The van der Waals surface area contributed by atoms with E-state index in [-0.39, 0.29) is 17.3 Å². The van der Waals surface area contributed by atoms with Crippen molar-refractivity contribution in [1.82, 2.24) is 15.3 Å². The first-order chi connectivity index (χ1) is 16.4. The van der Waals surface area contributed by atoms with Gasteiger partial charge in [0.25, 0.3) is 5.56 Å². The number of thiophene rings is 1. The normalized spacial score (nSPS) is 11.9. The topological polar surface area (TPSA) is 93.3 Å². The minimum absolute atomic E-state index is 0.194. The maximum absolute atomic E-state index is 13.3. The fourth-order valence-electron chi connectivity index (χ4n) is 3.37. The van der Waals surface area contributed by atoms with Crippen LogP contribution in [0.4, 0.5) is 4.39 Å². The van der Waals surface area contributed by atoms with Gasteiger partial charge in [-0.2, -0.15) is 0 Å². The minimum atomic E-state index is -0.489. The summed E-state index contributed by atoms with van der Waals surface area (Å²) < 4.78 is 23.8. The van der Waals surface area contributed by atoms with Gasteiger partial charge in [0.05, 0.1) is 24.9 Å². The molecule has 0 saturated heterocycles. The van der Waals surface area contributed by atoms with Crippen LogP contribution >= 0.6 is 23.1 Å². The number of carbonyl (C=O) groups is 1. The van der Waals surface area contributed by atoms with Gasteiger partial charge < -0.3 is 19.8 Å². The van der Waals surface area contributed by atoms with E-state index in [1.807, 2.05) is 11.4 Å². The number of H-pyrrole nitrogens is 1. The fraction of sp³-hybridized carbons (Fsp3) is 0.208. The number of hydrogen-bond donors (Lipinski definition) is 2. The molecule has 1 unspecified atom stereocenters. The lowest BCUT2D eigenvalue weighted by Gasteiger charge is -2.13. The summed E-state index contributed by atoms with van der Waals surface area (Å²) in [6.07, 6.45) is 0. The van der Waals surface area contributed by atoms with Crippen LogP contribution in [0.25, 0.3) is 21.3 Å². The Morgan fingerprint density at radius 2 is 1.91 bits per heavy atom. The predicted octanol–water partition coefficient (Wildman–Crippen LogP) is 4.60. The summed E-state index contributed by atoms with van der Waals surface area (Å²) in [7, 11) is 3.12. The summed E-state index contributed by atoms with van der Waals surface area (Å²) in [5, 5.41) is 5.03. The highest BCUT2D eigenvalue weighted by atomic mass is 32.2. The van der Waals surface area contributed by atoms with Crippen molar-refractivity contribution < 1.29 is 18.7 Å². The predicted molar refractivity (Wildman–Crippen MR) is 132 cm³/mol. The third kappa shape index (κ3) is 5.07. The second kappa shape index (κ2) is 10.3. The molecule has 0 bridgehead atoms. The van der Waals surface area contributed by atoms with Crippen LogP contribution in [0, 0.1) is 5.82 Å². The molecular weight excluding hydrogens is 477 g/mol. The third-order valence-electron chi connectivity index (χ3n) is 5.15. The van der Waals surface area contributed by atoms with E-state index in [9.17, 15) is 14.0 Å². The van der Waals surface area contributed by atoms with E-state index in [1.54, 1.807) is 45.4 Å². The molecule has 4 rings (SSSR count). The molecule has 0 fully saturated rings. The Bertz CT molecular complexity index is 1390. The fourth-order valence-corrected chi connectivity index (χ4v) is 5.20. The average Bonchev–Trinajstić information content (AvgIpc) is 3.27. The molecule has 2 aromatic carbocycles. The number of methoxy groups -OCH3 is 2. The number of thioether (sulfide) groups is 1. The Kier molecular flexibility index (Phi) is 7.18. The van der Waals surface area contributed by atoms with Gasteiger partial charge >= 0.3 is 0 Å². The Labute approximate surface area is 203 Å². The molecule has 4 aromatic rings. The molecule has 0 aliphatic heterocycles. The molecular formula is C24H22FN3O4S2. The van der Waals surface area contributed by atoms with Gasteiger partial charge in [-0.3, -0.25) is 9.59 Å². The number of hydrogen-bond acceptors (Lipinski definition) is 7. The molecule has 10 heteroatoms. The maximum Gasteiger partial charge on any atom is 0.260 e. The quantitative estimate of drug-likeness (QED) is 0.272. The van der Waals surface area contributed by atoms with Crippen molar-refractivity contribution in [1.29, 1.82) is 0 Å². The van der Waals surface area contributed by atoms with Crippen LogP contribution in [-0.4, -0.2) is 35.3 Å². The molecule has 0 saturated carbocycles. The lowest BCUT2D eigenvalue weighted by atomic mass is 10.1. The summed E-state index contributed by atoms with van der Waals surface area (Å²) in [4.78, 5) is 33.3. The van der Waals surface area contributed by atoms with Crippen LogP contribution in [0.3, 0.4) is 0 Å². The number of ether oxygens (including phenoxy) is 2. The van der Waals surface area contributed by atoms with Gasteiger partial charge in [-0.05, 0) is 42.3 Å². The zero-order chi connectivity index (χ0) is 24.2. The van der Waals surface area contributed by atoms with Crippen LogP contribution in [-0.2, 0) is 11.3 Å². The van der Waals surface area contributed by atoms with Crippen LogP contribution < -0.4 is 20.3 Å². The van der Waals surface area contributed by atoms with Gasteiger partial charge in [0, 0.05) is 17.5 Å². The second-order valence-corrected chi connectivity index (χ2v) is 9.56. The highest BCUT2D eigenvalue weighted by Crippen LogP contribution is 2.32. The largest absolute Gasteiger partial charge is 0.493 e. The van der Waals surface area contributed by atoms with Crippen molar-refractivity contribution in [2.24, 2.45) is 0 Å². The number of benzene rings is 2. The van der Waals surface area contributed by atoms with Crippen LogP contribution in [0.2, 0.25) is 0 Å². The number of halogens is 1. The van der Waals surface area contributed by atoms with E-state index in [1.165, 1.54) is 35.2 Å². The Morgan fingerprint density at radius 1 is 1.18 bits per heavy atom. The summed E-state index contributed by atoms with van der Waals surface area (Å²) >= 11 is 2.50. The first-order valence-electron chi connectivity index (χ1n) is 10.3. The molecule has 7 nitrogen and oxygen atoms in total. The summed E-state index contributed by atoms with van der Waals surface area (Å²) in [6, 6.07) is 11.4. The first kappa shape index (κ1) is 23.8. The highest BCUT2D eigenvalue weighted by Gasteiger charge is 2.18. The zero-order valence-corrected chi connectivity index (χ0v) is 20.3. The van der Waals surface area contributed by atoms with Gasteiger partial charge in [-0.1, -0.05) is 30.0 Å². The summed E-state index contributed by atoms with van der Waals surface area (Å²) in [6.45, 7) is 2.07. The smallest absolute Gasteiger partial charge is 0.260 e. The Balaban J connectivity index is 1.45. The number of carbonyl (C=O) groups excluding carboxylic acids is 1. The van der Waals surface area contributed by atoms with Crippen molar-refractivity contribution in [2.75, 3.05) is 14.2 Å². The number of nitrogens with zero attached hydrogens (tertiary/aromatic N) is 1. The number of aromatic nitrogens is 2. The summed E-state index contributed by atoms with van der Waals surface area (Å²) in [5.41, 5.74) is 2.00. The SMILES string of the molecule is COc1ccc(CNC(=O)C(C)Sc2nc3scc(-c4ccc(F)cc4)c3c(=O)[nH]2)cc1OC. The minimum Gasteiger partial charge on any atom is -0.493 e. The van der Waals surface area contributed by atoms with Crippen molar-refractivity contribution in [3.8, 4) is 22.6 Å². The van der Waals surface area contributed by atoms with Crippen molar-refractivity contribution >= 4 is 39.2 Å². The van der Waals surface area contributed by atoms with Crippen LogP contribution in [0.1, 0.15) is 12.5 Å². The molecule has 0 radical (unpaired) electrons. The van der Waals surface area contributed by atoms with E-state index >= 15 is 0 Å². The van der Waals surface area contributed by atoms with E-state index < -0.39 is 5.25 Å². The Morgan fingerprint density at radius 3 is 2.62 bits per heavy atom. The number of fused-ring (bicyclic) bond motifs is 1. The monoisotopic (exact) mass is 499 g/mol. The molecule has 34 heavy (non-hydrogen) atoms. The first-order valence-corrected chi connectivity index (χ1v) is 12.1. The van der Waals surface area contributed by atoms with Crippen molar-refractivity contribution in [2.45, 2.75) is 23.9 Å². The molecule has 2 N–H and O–H groups in total. The van der Waals surface area contributed by atoms with Gasteiger partial charge in [0.2, 0.25) is 5.91 Å². The highest BCUT2D eigenvalue weighted by molar-refractivity contribution is 8.00. The lowest BCUT2D eigenvalue weighted by Crippen LogP contribution is -2.30. The van der Waals surface area contributed by atoms with Gasteiger partial charge in [0.15, 0.2) is 16.7 Å². The maximum atomic E-state index is 13.3. The number of nitrogens with one attached hydrogen (secondary N) is 2. The van der Waals surface area contributed by atoms with E-state index in [4.69, 9.17) is 9.47 Å². The Hall–Kier alpha value is -3.37. The molecule has 176 valence electrons. The van der Waals surface area contributed by atoms with Crippen molar-refractivity contribution in [3.63, 3.8) is 0 Å². The van der Waals surface area contributed by atoms with E-state index in [2.05, 4.69) is 15.3 Å². The molecule has 0 spiro atoms. The standard InChI is InChI=1S/C24H22FN3O4S2/c1-13(21(29)26-11-14-4-9-18(31-2)19(10-14)32-3)34-24-27-22(30)20-17(12-33-23(20)28-24)15-5-7-16(25)8-6-15/h4-10,12-13H,11H2,1-3H3,(H,26,29)(H,27,28,30). The van der Waals surface area contributed by atoms with Crippen LogP contribution in [0.5, 0.6) is 11.5 Å². The molecule has 0 aliphatic carbocycles. The summed E-state index contributed by atoms with van der Waals surface area (Å²) in [5.74, 6) is 0.666. The molecule has 0 aliphatic rings. The number of rotatable bonds is 8. The molecule has 1 atom stereocenters. The van der Waals surface area contributed by atoms with Gasteiger partial charge in [-0.25, -0.2) is 9.37 Å². The van der Waals surface area contributed by atoms with Gasteiger partial charge in [-0.15, -0.1) is 11.3 Å². The number of aromatic amines is 1. The molecule has 2 aromatic heterocycles. The van der Waals surface area contributed by atoms with Crippen LogP contribution in [0.15, 0.2) is 57.8 Å². The molecule has 2 heterocycles. The third-order valence-corrected chi connectivity index (χ3v) is 7.01. The van der Waals surface area contributed by atoms with Crippen molar-refractivity contribution in [3.05, 3.63) is 69.6 Å². The van der Waals surface area contributed by atoms with E-state index in [0.717, 1.165) is 11.1 Å². The second-order valence-electron chi connectivity index (χ2n) is 7.37. The lowest BCUT2D eigenvalue weighted by molar-refractivity contribution is -0.120. The zero-order valence-electron chi connectivity index (χ0n) is 18.7.